The highest BCUT2D eigenvalue weighted by atomic mass is 16.4. The maximum atomic E-state index is 11.7. The summed E-state index contributed by atoms with van der Waals surface area (Å²) in [4.78, 5) is 33.1. The van der Waals surface area contributed by atoms with E-state index in [2.05, 4.69) is 10.6 Å². The molecule has 0 heterocycles. The monoisotopic (exact) mass is 292 g/mol. The van der Waals surface area contributed by atoms with Crippen molar-refractivity contribution >= 4 is 18.0 Å². The summed E-state index contributed by atoms with van der Waals surface area (Å²) in [7, 11) is 0. The molecule has 0 spiro atoms. The number of carboxylic acid groups (broad SMARTS) is 2. The van der Waals surface area contributed by atoms with Gasteiger partial charge in [-0.1, -0.05) is 30.3 Å². The molecule has 2 unspecified atom stereocenters. The summed E-state index contributed by atoms with van der Waals surface area (Å²) in [5.74, 6) is -2.43. The molecular formula is C14H16N2O5. The summed E-state index contributed by atoms with van der Waals surface area (Å²) >= 11 is 0. The van der Waals surface area contributed by atoms with Gasteiger partial charge in [-0.3, -0.25) is 4.79 Å². The first-order valence-corrected chi connectivity index (χ1v) is 6.54. The third-order valence-electron chi connectivity index (χ3n) is 3.32. The number of benzene rings is 1. The minimum atomic E-state index is -1.43. The van der Waals surface area contributed by atoms with Gasteiger partial charge in [0.25, 0.3) is 0 Å². The Balaban J connectivity index is 1.83. The Labute approximate surface area is 121 Å². The number of nitrogens with one attached hydrogen (secondary N) is 2. The molecule has 1 saturated carbocycles. The van der Waals surface area contributed by atoms with Gasteiger partial charge in [0.05, 0.1) is 6.42 Å². The van der Waals surface area contributed by atoms with E-state index in [1.165, 1.54) is 0 Å². The van der Waals surface area contributed by atoms with E-state index in [1.54, 1.807) is 0 Å². The van der Waals surface area contributed by atoms with Gasteiger partial charge >= 0.3 is 18.0 Å². The number of hydrogen-bond acceptors (Lipinski definition) is 3. The van der Waals surface area contributed by atoms with E-state index in [0.717, 1.165) is 12.0 Å². The molecule has 0 aliphatic heterocycles. The summed E-state index contributed by atoms with van der Waals surface area (Å²) in [5.41, 5.74) is 1.11. The fourth-order valence-corrected chi connectivity index (χ4v) is 2.17. The third kappa shape index (κ3) is 4.20. The van der Waals surface area contributed by atoms with Crippen molar-refractivity contribution in [2.75, 3.05) is 0 Å². The van der Waals surface area contributed by atoms with Gasteiger partial charge in [0, 0.05) is 12.0 Å². The van der Waals surface area contributed by atoms with Crippen LogP contribution in [0.2, 0.25) is 0 Å². The molecule has 1 fully saturated rings. The van der Waals surface area contributed by atoms with Crippen LogP contribution < -0.4 is 10.6 Å². The van der Waals surface area contributed by atoms with Crippen molar-refractivity contribution in [1.82, 2.24) is 10.6 Å². The minimum absolute atomic E-state index is 0.0494. The molecule has 1 aliphatic carbocycles. The van der Waals surface area contributed by atoms with Crippen molar-refractivity contribution in [3.8, 4) is 0 Å². The van der Waals surface area contributed by atoms with Crippen LogP contribution in [0.25, 0.3) is 0 Å². The fraction of sp³-hybridized carbons (Fsp3) is 0.357. The highest BCUT2D eigenvalue weighted by Crippen LogP contribution is 2.40. The predicted molar refractivity (Wildman–Crippen MR) is 72.9 cm³/mol. The summed E-state index contributed by atoms with van der Waals surface area (Å²) in [6.07, 6.45) is 0.129. The van der Waals surface area contributed by atoms with Crippen LogP contribution in [0.15, 0.2) is 30.3 Å². The zero-order chi connectivity index (χ0) is 15.4. The molecular weight excluding hydrogens is 276 g/mol. The molecule has 0 radical (unpaired) electrons. The van der Waals surface area contributed by atoms with Gasteiger partial charge in [-0.2, -0.15) is 0 Å². The van der Waals surface area contributed by atoms with Crippen molar-refractivity contribution in [2.45, 2.75) is 30.8 Å². The van der Waals surface area contributed by atoms with Crippen molar-refractivity contribution in [2.24, 2.45) is 0 Å². The Kier molecular flexibility index (Phi) is 4.42. The van der Waals surface area contributed by atoms with E-state index < -0.39 is 30.4 Å². The number of carboxylic acids is 2. The van der Waals surface area contributed by atoms with Gasteiger partial charge in [0.15, 0.2) is 0 Å². The van der Waals surface area contributed by atoms with Crippen LogP contribution in [0, 0.1) is 0 Å². The molecule has 0 saturated heterocycles. The van der Waals surface area contributed by atoms with Gasteiger partial charge in [0.1, 0.15) is 6.04 Å². The maximum absolute atomic E-state index is 11.7. The fourth-order valence-electron chi connectivity index (χ4n) is 2.17. The second-order valence-corrected chi connectivity index (χ2v) is 4.97. The first-order valence-electron chi connectivity index (χ1n) is 6.54. The smallest absolute Gasteiger partial charge is 0.326 e. The molecule has 0 aromatic heterocycles. The summed E-state index contributed by atoms with van der Waals surface area (Å²) < 4.78 is 0. The quantitative estimate of drug-likeness (QED) is 0.618. The number of amides is 2. The Morgan fingerprint density at radius 3 is 2.43 bits per heavy atom. The van der Waals surface area contributed by atoms with E-state index >= 15 is 0 Å². The Morgan fingerprint density at radius 1 is 1.19 bits per heavy atom. The van der Waals surface area contributed by atoms with E-state index in [1.807, 2.05) is 30.3 Å². The van der Waals surface area contributed by atoms with Gasteiger partial charge < -0.3 is 20.8 Å². The van der Waals surface area contributed by atoms with Crippen molar-refractivity contribution in [3.05, 3.63) is 35.9 Å². The lowest BCUT2D eigenvalue weighted by atomic mass is 10.1. The predicted octanol–water partition coefficient (Wildman–Crippen LogP) is 0.770. The first kappa shape index (κ1) is 14.8. The molecule has 1 aliphatic rings. The van der Waals surface area contributed by atoms with Crippen LogP contribution in [0.1, 0.15) is 24.3 Å². The molecule has 0 bridgehead atoms. The second-order valence-electron chi connectivity index (χ2n) is 4.97. The lowest BCUT2D eigenvalue weighted by molar-refractivity contribution is -0.145. The zero-order valence-electron chi connectivity index (χ0n) is 11.2. The van der Waals surface area contributed by atoms with Crippen LogP contribution in [-0.2, 0) is 9.59 Å². The molecule has 21 heavy (non-hydrogen) atoms. The topological polar surface area (TPSA) is 116 Å². The molecule has 112 valence electrons. The normalized spacial score (nSPS) is 21.1. The number of hydrogen-bond donors (Lipinski definition) is 4. The van der Waals surface area contributed by atoms with Crippen LogP contribution in [0.5, 0.6) is 0 Å². The highest BCUT2D eigenvalue weighted by Gasteiger charge is 2.39. The van der Waals surface area contributed by atoms with Crippen molar-refractivity contribution < 1.29 is 24.6 Å². The summed E-state index contributed by atoms with van der Waals surface area (Å²) in [6.45, 7) is 0. The number of urea groups is 1. The minimum Gasteiger partial charge on any atom is -0.481 e. The average Bonchev–Trinajstić information content (AvgIpc) is 3.17. The first-order chi connectivity index (χ1) is 9.97. The molecule has 3 atom stereocenters. The van der Waals surface area contributed by atoms with E-state index in [9.17, 15) is 14.4 Å². The van der Waals surface area contributed by atoms with Gasteiger partial charge in [0.2, 0.25) is 0 Å². The number of rotatable bonds is 6. The summed E-state index contributed by atoms with van der Waals surface area (Å²) in [6, 6.07) is 7.53. The highest BCUT2D eigenvalue weighted by molar-refractivity contribution is 5.86. The molecule has 7 nitrogen and oxygen atoms in total. The van der Waals surface area contributed by atoms with E-state index in [4.69, 9.17) is 10.2 Å². The molecule has 2 amide bonds. The zero-order valence-corrected chi connectivity index (χ0v) is 11.2. The Morgan fingerprint density at radius 2 is 1.86 bits per heavy atom. The number of aliphatic carboxylic acids is 2. The lowest BCUT2D eigenvalue weighted by Gasteiger charge is -2.13. The van der Waals surface area contributed by atoms with E-state index in [0.29, 0.717) is 0 Å². The third-order valence-corrected chi connectivity index (χ3v) is 3.32. The summed E-state index contributed by atoms with van der Waals surface area (Å²) in [5, 5.41) is 22.3. The van der Waals surface area contributed by atoms with Crippen molar-refractivity contribution in [3.63, 3.8) is 0 Å². The van der Waals surface area contributed by atoms with Crippen LogP contribution in [0.4, 0.5) is 4.79 Å². The lowest BCUT2D eigenvalue weighted by Crippen LogP contribution is -2.47. The van der Waals surface area contributed by atoms with Crippen molar-refractivity contribution in [1.29, 1.82) is 0 Å². The van der Waals surface area contributed by atoms with Gasteiger partial charge in [-0.25, -0.2) is 9.59 Å². The Bertz CT molecular complexity index is 546. The number of carbonyl (C=O) groups is 3. The van der Waals surface area contributed by atoms with Crippen LogP contribution >= 0.6 is 0 Å². The molecule has 1 aromatic carbocycles. The van der Waals surface area contributed by atoms with Crippen LogP contribution in [-0.4, -0.2) is 40.3 Å². The molecule has 2 rings (SSSR count). The number of carbonyl (C=O) groups excluding carboxylic acids is 1. The molecule has 1 aromatic rings. The molecule has 4 N–H and O–H groups in total. The SMILES string of the molecule is O=C(O)C[C@@H](NC(=O)NC1CC1c1ccccc1)C(=O)O. The van der Waals surface area contributed by atoms with Gasteiger partial charge in [-0.15, -0.1) is 0 Å². The maximum Gasteiger partial charge on any atom is 0.326 e. The van der Waals surface area contributed by atoms with Crippen LogP contribution in [0.3, 0.4) is 0 Å². The van der Waals surface area contributed by atoms with E-state index in [-0.39, 0.29) is 12.0 Å². The Hall–Kier alpha value is -2.57. The average molecular weight is 292 g/mol. The molecule has 7 heteroatoms. The largest absolute Gasteiger partial charge is 0.481 e. The standard InChI is InChI=1S/C14H16N2O5/c17-12(18)7-11(13(19)20)16-14(21)15-10-6-9(10)8-4-2-1-3-5-8/h1-5,9-11H,6-7H2,(H,17,18)(H,19,20)(H2,15,16,21)/t9?,10?,11-/m1/s1. The second kappa shape index (κ2) is 6.25. The van der Waals surface area contributed by atoms with Gasteiger partial charge in [-0.05, 0) is 12.0 Å².